The van der Waals surface area contributed by atoms with Gasteiger partial charge in [0.15, 0.2) is 0 Å². The van der Waals surface area contributed by atoms with Crippen LogP contribution in [0.25, 0.3) is 5.57 Å². The minimum atomic E-state index is -1.07. The summed E-state index contributed by atoms with van der Waals surface area (Å²) in [6.45, 7) is 3.77. The van der Waals surface area contributed by atoms with E-state index in [1.54, 1.807) is 18.2 Å². The lowest BCUT2D eigenvalue weighted by Gasteiger charge is -2.21. The number of carboxylic acid groups (broad SMARTS) is 1. The van der Waals surface area contributed by atoms with Crippen LogP contribution in [0.2, 0.25) is 0 Å². The van der Waals surface area contributed by atoms with Crippen LogP contribution in [0.4, 0.5) is 0 Å². The van der Waals surface area contributed by atoms with E-state index in [1.165, 1.54) is 0 Å². The number of hydrogen-bond donors (Lipinski definition) is 3. The molecule has 1 fully saturated rings. The number of nitrogens with two attached hydrogens (primary N) is 1. The van der Waals surface area contributed by atoms with Crippen LogP contribution in [0, 0.1) is 5.92 Å². The van der Waals surface area contributed by atoms with E-state index < -0.39 is 29.4 Å². The SMILES string of the molecule is CC1(C)N=c2cc(OC(=O)C3CC(c4ccccc4)NC3=O)ccc2=C1CC(N)C(=O)O. The summed E-state index contributed by atoms with van der Waals surface area (Å²) < 4.78 is 5.51. The van der Waals surface area contributed by atoms with Gasteiger partial charge in [0.25, 0.3) is 0 Å². The van der Waals surface area contributed by atoms with Gasteiger partial charge in [0.2, 0.25) is 5.91 Å². The zero-order valence-corrected chi connectivity index (χ0v) is 17.9. The van der Waals surface area contributed by atoms with E-state index in [9.17, 15) is 14.4 Å². The van der Waals surface area contributed by atoms with Gasteiger partial charge in [-0.3, -0.25) is 19.4 Å². The molecule has 0 aliphatic carbocycles. The Morgan fingerprint density at radius 1 is 1.25 bits per heavy atom. The molecule has 8 heteroatoms. The topological polar surface area (TPSA) is 131 Å². The van der Waals surface area contributed by atoms with Crippen molar-refractivity contribution in [3.05, 3.63) is 64.7 Å². The van der Waals surface area contributed by atoms with Gasteiger partial charge in [-0.1, -0.05) is 30.3 Å². The van der Waals surface area contributed by atoms with Gasteiger partial charge >= 0.3 is 11.9 Å². The molecule has 0 spiro atoms. The molecular formula is C24H25N3O5. The van der Waals surface area contributed by atoms with Crippen LogP contribution >= 0.6 is 0 Å². The maximum absolute atomic E-state index is 12.7. The van der Waals surface area contributed by atoms with Crippen LogP contribution in [-0.2, 0) is 14.4 Å². The second kappa shape index (κ2) is 8.20. The first-order valence-electron chi connectivity index (χ1n) is 10.4. The van der Waals surface area contributed by atoms with E-state index in [-0.39, 0.29) is 24.1 Å². The van der Waals surface area contributed by atoms with Crippen molar-refractivity contribution in [2.24, 2.45) is 16.6 Å². The molecule has 2 heterocycles. The molecule has 4 rings (SSSR count). The Kier molecular flexibility index (Phi) is 5.56. The van der Waals surface area contributed by atoms with Crippen LogP contribution < -0.4 is 26.4 Å². The normalized spacial score (nSPS) is 22.0. The van der Waals surface area contributed by atoms with E-state index in [4.69, 9.17) is 15.6 Å². The molecule has 2 aliphatic rings. The molecule has 166 valence electrons. The Hall–Kier alpha value is -3.52. The van der Waals surface area contributed by atoms with E-state index >= 15 is 0 Å². The van der Waals surface area contributed by atoms with E-state index in [2.05, 4.69) is 10.3 Å². The number of amides is 1. The van der Waals surface area contributed by atoms with Crippen LogP contribution in [0.3, 0.4) is 0 Å². The summed E-state index contributed by atoms with van der Waals surface area (Å²) in [4.78, 5) is 40.9. The fourth-order valence-electron chi connectivity index (χ4n) is 4.26. The largest absolute Gasteiger partial charge is 0.480 e. The third-order valence-electron chi connectivity index (χ3n) is 5.98. The Labute approximate surface area is 184 Å². The molecule has 1 saturated heterocycles. The van der Waals surface area contributed by atoms with Crippen molar-refractivity contribution in [2.45, 2.75) is 44.3 Å². The lowest BCUT2D eigenvalue weighted by Crippen LogP contribution is -2.35. The molecule has 1 amide bonds. The summed E-state index contributed by atoms with van der Waals surface area (Å²) in [7, 11) is 0. The van der Waals surface area contributed by atoms with Gasteiger partial charge in [-0.15, -0.1) is 0 Å². The maximum atomic E-state index is 12.7. The minimum absolute atomic E-state index is 0.168. The lowest BCUT2D eigenvalue weighted by atomic mass is 9.89. The summed E-state index contributed by atoms with van der Waals surface area (Å²) in [6, 6.07) is 13.2. The van der Waals surface area contributed by atoms with Crippen LogP contribution in [-0.4, -0.2) is 34.5 Å². The summed E-state index contributed by atoms with van der Waals surface area (Å²) in [5.41, 5.74) is 6.88. The third-order valence-corrected chi connectivity index (χ3v) is 5.98. The number of carboxylic acids is 1. The number of carbonyl (C=O) groups excluding carboxylic acids is 2. The number of nitrogens with one attached hydrogen (secondary N) is 1. The molecule has 0 aromatic heterocycles. The molecule has 2 aromatic carbocycles. The molecule has 32 heavy (non-hydrogen) atoms. The Morgan fingerprint density at radius 2 is 1.97 bits per heavy atom. The quantitative estimate of drug-likeness (QED) is 0.350. The number of nitrogens with zero attached hydrogens (tertiary/aromatic N) is 1. The zero-order chi connectivity index (χ0) is 23.0. The molecule has 0 radical (unpaired) electrons. The number of fused-ring (bicyclic) bond motifs is 1. The molecule has 3 atom stereocenters. The highest BCUT2D eigenvalue weighted by Gasteiger charge is 2.39. The number of benzene rings is 2. The van der Waals surface area contributed by atoms with Crippen LogP contribution in [0.1, 0.15) is 38.3 Å². The van der Waals surface area contributed by atoms with Crippen molar-refractivity contribution in [1.82, 2.24) is 5.32 Å². The van der Waals surface area contributed by atoms with E-state index in [1.807, 2.05) is 44.2 Å². The highest BCUT2D eigenvalue weighted by atomic mass is 16.5. The summed E-state index contributed by atoms with van der Waals surface area (Å²) >= 11 is 0. The van der Waals surface area contributed by atoms with Crippen molar-refractivity contribution in [2.75, 3.05) is 0 Å². The van der Waals surface area contributed by atoms with Crippen LogP contribution in [0.5, 0.6) is 5.75 Å². The predicted octanol–water partition coefficient (Wildman–Crippen LogP) is 0.834. The molecule has 0 saturated carbocycles. The molecule has 8 nitrogen and oxygen atoms in total. The fraction of sp³-hybridized carbons (Fsp3) is 0.333. The lowest BCUT2D eigenvalue weighted by molar-refractivity contribution is -0.143. The average molecular weight is 435 g/mol. The number of rotatable bonds is 6. The molecule has 4 N–H and O–H groups in total. The first-order chi connectivity index (χ1) is 15.2. The number of aliphatic carboxylic acids is 1. The van der Waals surface area contributed by atoms with Crippen molar-refractivity contribution < 1.29 is 24.2 Å². The van der Waals surface area contributed by atoms with Gasteiger partial charge < -0.3 is 20.9 Å². The molecule has 2 aromatic rings. The Morgan fingerprint density at radius 3 is 2.66 bits per heavy atom. The smallest absolute Gasteiger partial charge is 0.323 e. The first kappa shape index (κ1) is 21.7. The molecule has 0 bridgehead atoms. The first-order valence-corrected chi connectivity index (χ1v) is 10.4. The molecule has 2 aliphatic heterocycles. The van der Waals surface area contributed by atoms with E-state index in [0.29, 0.717) is 11.8 Å². The van der Waals surface area contributed by atoms with Crippen molar-refractivity contribution in [3.8, 4) is 5.75 Å². The summed E-state index contributed by atoms with van der Waals surface area (Å²) in [5, 5.41) is 13.4. The fourth-order valence-corrected chi connectivity index (χ4v) is 4.26. The number of ether oxygens (including phenoxy) is 1. The van der Waals surface area contributed by atoms with Crippen molar-refractivity contribution >= 4 is 23.4 Å². The minimum Gasteiger partial charge on any atom is -0.480 e. The van der Waals surface area contributed by atoms with Crippen molar-refractivity contribution in [3.63, 3.8) is 0 Å². The number of carbonyl (C=O) groups is 3. The highest BCUT2D eigenvalue weighted by Crippen LogP contribution is 2.30. The zero-order valence-electron chi connectivity index (χ0n) is 17.9. The van der Waals surface area contributed by atoms with Crippen LogP contribution in [0.15, 0.2) is 53.5 Å². The van der Waals surface area contributed by atoms with E-state index in [0.717, 1.165) is 16.4 Å². The maximum Gasteiger partial charge on any atom is 0.323 e. The average Bonchev–Trinajstić information content (AvgIpc) is 3.25. The van der Waals surface area contributed by atoms with Gasteiger partial charge in [0.1, 0.15) is 17.7 Å². The summed E-state index contributed by atoms with van der Waals surface area (Å²) in [6.07, 6.45) is 0.496. The van der Waals surface area contributed by atoms with Gasteiger partial charge in [-0.25, -0.2) is 0 Å². The van der Waals surface area contributed by atoms with Gasteiger partial charge in [0, 0.05) is 11.3 Å². The van der Waals surface area contributed by atoms with Gasteiger partial charge in [-0.05, 0) is 50.0 Å². The molecular weight excluding hydrogens is 410 g/mol. The van der Waals surface area contributed by atoms with Gasteiger partial charge in [0.05, 0.1) is 16.9 Å². The predicted molar refractivity (Wildman–Crippen MR) is 116 cm³/mol. The number of esters is 1. The Bertz CT molecular complexity index is 1210. The second-order valence-corrected chi connectivity index (χ2v) is 8.66. The summed E-state index contributed by atoms with van der Waals surface area (Å²) in [5.74, 6) is -2.65. The third kappa shape index (κ3) is 4.13. The Balaban J connectivity index is 1.53. The monoisotopic (exact) mass is 435 g/mol. The number of hydrogen-bond acceptors (Lipinski definition) is 6. The molecule has 3 unspecified atom stereocenters. The van der Waals surface area contributed by atoms with Crippen molar-refractivity contribution in [1.29, 1.82) is 0 Å². The second-order valence-electron chi connectivity index (χ2n) is 8.66. The highest BCUT2D eigenvalue weighted by molar-refractivity contribution is 6.00. The van der Waals surface area contributed by atoms with Gasteiger partial charge in [-0.2, -0.15) is 0 Å². The standard InChI is InChI=1S/C24H25N3O5/c1-24(2)17(12-18(25)22(29)30)15-9-8-14(10-20(15)27-24)32-23(31)16-11-19(26-21(16)28)13-6-4-3-5-7-13/h3-10,16,18-19H,11-12,25H2,1-2H3,(H,26,28)(H,29,30).